The van der Waals surface area contributed by atoms with Crippen molar-refractivity contribution >= 4 is 40.3 Å². The number of nitrogens with one attached hydrogen (secondary N) is 1. The van der Waals surface area contributed by atoms with E-state index in [-0.39, 0.29) is 11.9 Å². The van der Waals surface area contributed by atoms with Crippen LogP contribution in [0.15, 0.2) is 23.4 Å². The monoisotopic (exact) mass is 353 g/mol. The van der Waals surface area contributed by atoms with Crippen LogP contribution in [0.1, 0.15) is 39.5 Å². The number of hydrogen-bond donors (Lipinski definition) is 1. The second-order valence-electron chi connectivity index (χ2n) is 5.84. The Bertz CT molecular complexity index is 671. The summed E-state index contributed by atoms with van der Waals surface area (Å²) < 4.78 is 1.99. The van der Waals surface area contributed by atoms with Crippen molar-refractivity contribution in [2.45, 2.75) is 50.7 Å². The Morgan fingerprint density at radius 3 is 2.96 bits per heavy atom. The van der Waals surface area contributed by atoms with Crippen molar-refractivity contribution < 1.29 is 4.79 Å². The number of carbonyl (C=O) groups is 1. The molecule has 0 spiro atoms. The van der Waals surface area contributed by atoms with Crippen molar-refractivity contribution in [2.75, 3.05) is 5.75 Å². The topological polar surface area (TPSA) is 46.9 Å². The lowest BCUT2D eigenvalue weighted by molar-refractivity contribution is -0.119. The fraction of sp³-hybridized carbons (Fsp3) is 0.529. The highest BCUT2D eigenvalue weighted by Crippen LogP contribution is 2.24. The van der Waals surface area contributed by atoms with E-state index >= 15 is 0 Å². The zero-order valence-electron chi connectivity index (χ0n) is 13.9. The highest BCUT2D eigenvalue weighted by molar-refractivity contribution is 7.99. The molecule has 126 valence electrons. The molecule has 1 atom stereocenters. The summed E-state index contributed by atoms with van der Waals surface area (Å²) in [4.78, 5) is 16.6. The van der Waals surface area contributed by atoms with E-state index < -0.39 is 0 Å². The van der Waals surface area contributed by atoms with Crippen LogP contribution in [0, 0.1) is 0 Å². The van der Waals surface area contributed by atoms with Crippen molar-refractivity contribution in [3.8, 4) is 0 Å². The van der Waals surface area contributed by atoms with Gasteiger partial charge >= 0.3 is 0 Å². The molecule has 1 aromatic carbocycles. The zero-order valence-corrected chi connectivity index (χ0v) is 15.5. The molecule has 0 aliphatic carbocycles. The third kappa shape index (κ3) is 5.15. The number of carbonyl (C=O) groups excluding carboxylic acids is 1. The minimum absolute atomic E-state index is 0.0593. The summed E-state index contributed by atoms with van der Waals surface area (Å²) in [6, 6.07) is 5.88. The Kier molecular flexibility index (Phi) is 6.78. The molecular formula is C17H24ClN3OS. The first-order chi connectivity index (χ1) is 11.0. The number of halogens is 1. The Hall–Kier alpha value is -1.20. The molecule has 0 saturated heterocycles. The van der Waals surface area contributed by atoms with Crippen LogP contribution in [0.3, 0.4) is 0 Å². The van der Waals surface area contributed by atoms with Crippen LogP contribution in [0.25, 0.3) is 11.0 Å². The summed E-state index contributed by atoms with van der Waals surface area (Å²) >= 11 is 7.45. The van der Waals surface area contributed by atoms with E-state index in [2.05, 4.69) is 24.1 Å². The molecule has 0 bridgehead atoms. The SMILES string of the molecule is CCCCCC(C)NC(=O)CSc1nc2cc(Cl)ccc2n1C. The first-order valence-corrected chi connectivity index (χ1v) is 9.41. The Morgan fingerprint density at radius 1 is 1.43 bits per heavy atom. The van der Waals surface area contributed by atoms with Gasteiger partial charge in [-0.3, -0.25) is 4.79 Å². The molecule has 0 aliphatic heterocycles. The highest BCUT2D eigenvalue weighted by Gasteiger charge is 2.12. The van der Waals surface area contributed by atoms with Crippen LogP contribution in [-0.4, -0.2) is 27.3 Å². The Balaban J connectivity index is 1.88. The van der Waals surface area contributed by atoms with Gasteiger partial charge < -0.3 is 9.88 Å². The zero-order chi connectivity index (χ0) is 16.8. The number of aryl methyl sites for hydroxylation is 1. The van der Waals surface area contributed by atoms with Gasteiger partial charge in [-0.25, -0.2) is 4.98 Å². The third-order valence-corrected chi connectivity index (χ3v) is 5.05. The van der Waals surface area contributed by atoms with Gasteiger partial charge in [0, 0.05) is 18.1 Å². The number of hydrogen-bond acceptors (Lipinski definition) is 3. The Labute approximate surface area is 147 Å². The summed E-state index contributed by atoms with van der Waals surface area (Å²) in [5, 5.41) is 4.56. The first-order valence-electron chi connectivity index (χ1n) is 8.05. The number of thioether (sulfide) groups is 1. The lowest BCUT2D eigenvalue weighted by Crippen LogP contribution is -2.33. The minimum Gasteiger partial charge on any atom is -0.353 e. The molecular weight excluding hydrogens is 330 g/mol. The number of unbranched alkanes of at least 4 members (excludes halogenated alkanes) is 2. The molecule has 1 heterocycles. The van der Waals surface area contributed by atoms with Crippen LogP contribution in [0.4, 0.5) is 0 Å². The van der Waals surface area contributed by atoms with Gasteiger partial charge in [0.2, 0.25) is 5.91 Å². The van der Waals surface area contributed by atoms with Gasteiger partial charge in [0.05, 0.1) is 16.8 Å². The maximum Gasteiger partial charge on any atom is 0.230 e. The van der Waals surface area contributed by atoms with Gasteiger partial charge in [0.25, 0.3) is 0 Å². The maximum absolute atomic E-state index is 12.0. The second-order valence-corrected chi connectivity index (χ2v) is 7.22. The number of aromatic nitrogens is 2. The van der Waals surface area contributed by atoms with Crippen LogP contribution in [-0.2, 0) is 11.8 Å². The second kappa shape index (κ2) is 8.60. The van der Waals surface area contributed by atoms with Gasteiger partial charge in [0.15, 0.2) is 5.16 Å². The van der Waals surface area contributed by atoms with Gasteiger partial charge in [-0.1, -0.05) is 49.5 Å². The van der Waals surface area contributed by atoms with Crippen molar-refractivity contribution in [3.63, 3.8) is 0 Å². The molecule has 1 N–H and O–H groups in total. The minimum atomic E-state index is 0.0593. The molecule has 1 unspecified atom stereocenters. The summed E-state index contributed by atoms with van der Waals surface area (Å²) in [5.74, 6) is 0.437. The highest BCUT2D eigenvalue weighted by atomic mass is 35.5. The molecule has 0 aliphatic rings. The molecule has 6 heteroatoms. The molecule has 2 rings (SSSR count). The quantitative estimate of drug-likeness (QED) is 0.565. The number of nitrogens with zero attached hydrogens (tertiary/aromatic N) is 2. The lowest BCUT2D eigenvalue weighted by atomic mass is 10.1. The standard InChI is InChI=1S/C17H24ClN3OS/c1-4-5-6-7-12(2)19-16(22)11-23-17-20-14-10-13(18)8-9-15(14)21(17)3/h8-10,12H,4-7,11H2,1-3H3,(H,19,22). The van der Waals surface area contributed by atoms with Gasteiger partial charge in [-0.05, 0) is 31.5 Å². The van der Waals surface area contributed by atoms with Crippen LogP contribution >= 0.6 is 23.4 Å². The average Bonchev–Trinajstić information content (AvgIpc) is 2.81. The largest absolute Gasteiger partial charge is 0.353 e. The van der Waals surface area contributed by atoms with E-state index in [0.717, 1.165) is 29.0 Å². The predicted octanol–water partition coefficient (Wildman–Crippen LogP) is 4.40. The van der Waals surface area contributed by atoms with E-state index in [0.29, 0.717) is 10.8 Å². The molecule has 4 nitrogen and oxygen atoms in total. The normalized spacial score (nSPS) is 12.5. The number of benzene rings is 1. The van der Waals surface area contributed by atoms with Crippen molar-refractivity contribution in [3.05, 3.63) is 23.2 Å². The molecule has 1 amide bonds. The van der Waals surface area contributed by atoms with E-state index in [1.807, 2.05) is 29.8 Å². The fourth-order valence-corrected chi connectivity index (χ4v) is 3.46. The van der Waals surface area contributed by atoms with Gasteiger partial charge in [-0.2, -0.15) is 0 Å². The van der Waals surface area contributed by atoms with Crippen molar-refractivity contribution in [1.82, 2.24) is 14.9 Å². The van der Waals surface area contributed by atoms with E-state index in [1.165, 1.54) is 24.6 Å². The summed E-state index contributed by atoms with van der Waals surface area (Å²) in [5.41, 5.74) is 1.88. The van der Waals surface area contributed by atoms with Gasteiger partial charge in [-0.15, -0.1) is 0 Å². The van der Waals surface area contributed by atoms with Crippen LogP contribution in [0.2, 0.25) is 5.02 Å². The van der Waals surface area contributed by atoms with Crippen molar-refractivity contribution in [2.24, 2.45) is 7.05 Å². The molecule has 0 radical (unpaired) electrons. The smallest absolute Gasteiger partial charge is 0.230 e. The third-order valence-electron chi connectivity index (χ3n) is 3.78. The molecule has 0 saturated carbocycles. The van der Waals surface area contributed by atoms with Gasteiger partial charge in [0.1, 0.15) is 0 Å². The predicted molar refractivity (Wildman–Crippen MR) is 98.2 cm³/mol. The first kappa shape index (κ1) is 18.1. The lowest BCUT2D eigenvalue weighted by Gasteiger charge is -2.13. The number of rotatable bonds is 8. The summed E-state index contributed by atoms with van der Waals surface area (Å²) in [7, 11) is 1.96. The summed E-state index contributed by atoms with van der Waals surface area (Å²) in [6.07, 6.45) is 4.62. The maximum atomic E-state index is 12.0. The Morgan fingerprint density at radius 2 is 2.22 bits per heavy atom. The molecule has 1 aromatic heterocycles. The average molecular weight is 354 g/mol. The van der Waals surface area contributed by atoms with E-state index in [9.17, 15) is 4.79 Å². The number of imidazole rings is 1. The van der Waals surface area contributed by atoms with Crippen LogP contribution in [0.5, 0.6) is 0 Å². The molecule has 23 heavy (non-hydrogen) atoms. The number of fused-ring (bicyclic) bond motifs is 1. The number of amides is 1. The van der Waals surface area contributed by atoms with E-state index in [1.54, 1.807) is 0 Å². The fourth-order valence-electron chi connectivity index (χ4n) is 2.50. The van der Waals surface area contributed by atoms with Crippen LogP contribution < -0.4 is 5.32 Å². The molecule has 0 fully saturated rings. The van der Waals surface area contributed by atoms with Crippen molar-refractivity contribution in [1.29, 1.82) is 0 Å². The summed E-state index contributed by atoms with van der Waals surface area (Å²) in [6.45, 7) is 4.25. The van der Waals surface area contributed by atoms with E-state index in [4.69, 9.17) is 11.6 Å². The molecule has 2 aromatic rings.